The van der Waals surface area contributed by atoms with Crippen LogP contribution >= 0.6 is 0 Å². The lowest BCUT2D eigenvalue weighted by Crippen LogP contribution is -2.10. The van der Waals surface area contributed by atoms with E-state index in [1.807, 2.05) is 6.08 Å². The standard InChI is InChI=1S/C13H14FNO/c14-12-9-5-4-8-11(12)13(15-16)10-6-2-1-3-7-10/h4-6,8-9,16H,1-3,7H2. The van der Waals surface area contributed by atoms with Crippen molar-refractivity contribution in [2.45, 2.75) is 25.7 Å². The first kappa shape index (κ1) is 10.9. The summed E-state index contributed by atoms with van der Waals surface area (Å²) >= 11 is 0. The highest BCUT2D eigenvalue weighted by atomic mass is 19.1. The summed E-state index contributed by atoms with van der Waals surface area (Å²) in [5.74, 6) is -0.346. The Hall–Kier alpha value is -1.64. The minimum atomic E-state index is -0.346. The molecule has 1 aliphatic rings. The largest absolute Gasteiger partial charge is 0.410 e. The van der Waals surface area contributed by atoms with Crippen molar-refractivity contribution in [3.8, 4) is 0 Å². The Bertz CT molecular complexity index is 437. The molecule has 1 aromatic rings. The van der Waals surface area contributed by atoms with Gasteiger partial charge in [-0.15, -0.1) is 0 Å². The molecule has 0 fully saturated rings. The fraction of sp³-hybridized carbons (Fsp3) is 0.308. The Morgan fingerprint density at radius 2 is 2.06 bits per heavy atom. The third-order valence-corrected chi connectivity index (χ3v) is 2.82. The van der Waals surface area contributed by atoms with Crippen LogP contribution in [0.4, 0.5) is 4.39 Å². The van der Waals surface area contributed by atoms with Crippen LogP contribution in [0.5, 0.6) is 0 Å². The van der Waals surface area contributed by atoms with Crippen molar-refractivity contribution in [3.05, 3.63) is 47.3 Å². The third-order valence-electron chi connectivity index (χ3n) is 2.82. The van der Waals surface area contributed by atoms with Gasteiger partial charge in [0.15, 0.2) is 0 Å². The number of halogens is 1. The van der Waals surface area contributed by atoms with Crippen LogP contribution in [0.25, 0.3) is 0 Å². The van der Waals surface area contributed by atoms with Gasteiger partial charge >= 0.3 is 0 Å². The van der Waals surface area contributed by atoms with E-state index in [0.717, 1.165) is 31.3 Å². The zero-order chi connectivity index (χ0) is 11.4. The first-order valence-corrected chi connectivity index (χ1v) is 5.49. The lowest BCUT2D eigenvalue weighted by Gasteiger charge is -2.14. The Kier molecular flexibility index (Phi) is 3.34. The normalized spacial score (nSPS) is 17.1. The molecule has 0 saturated heterocycles. The molecule has 0 amide bonds. The number of nitrogens with zero attached hydrogens (tertiary/aromatic N) is 1. The lowest BCUT2D eigenvalue weighted by molar-refractivity contribution is 0.319. The maximum absolute atomic E-state index is 13.6. The minimum absolute atomic E-state index is 0.346. The number of oxime groups is 1. The number of allylic oxidation sites excluding steroid dienone is 2. The summed E-state index contributed by atoms with van der Waals surface area (Å²) in [6.07, 6.45) is 6.08. The molecule has 0 unspecified atom stereocenters. The van der Waals surface area contributed by atoms with Crippen molar-refractivity contribution in [2.75, 3.05) is 0 Å². The second kappa shape index (κ2) is 4.92. The Morgan fingerprint density at radius 1 is 1.25 bits per heavy atom. The molecule has 0 aliphatic heterocycles. The Balaban J connectivity index is 2.37. The van der Waals surface area contributed by atoms with Crippen LogP contribution in [0.2, 0.25) is 0 Å². The number of benzene rings is 1. The highest BCUT2D eigenvalue weighted by Crippen LogP contribution is 2.23. The zero-order valence-corrected chi connectivity index (χ0v) is 8.99. The average Bonchev–Trinajstić information content (AvgIpc) is 2.34. The molecule has 0 heterocycles. The molecule has 0 aromatic heterocycles. The summed E-state index contributed by atoms with van der Waals surface area (Å²) in [6, 6.07) is 6.39. The number of rotatable bonds is 2. The number of hydrogen-bond acceptors (Lipinski definition) is 2. The van der Waals surface area contributed by atoms with Gasteiger partial charge in [0.1, 0.15) is 11.5 Å². The van der Waals surface area contributed by atoms with E-state index in [4.69, 9.17) is 5.21 Å². The maximum atomic E-state index is 13.6. The zero-order valence-electron chi connectivity index (χ0n) is 8.99. The van der Waals surface area contributed by atoms with Crippen LogP contribution in [0.3, 0.4) is 0 Å². The highest BCUT2D eigenvalue weighted by Gasteiger charge is 2.16. The van der Waals surface area contributed by atoms with E-state index in [9.17, 15) is 4.39 Å². The molecular formula is C13H14FNO. The van der Waals surface area contributed by atoms with Crippen LogP contribution in [-0.4, -0.2) is 10.9 Å². The van der Waals surface area contributed by atoms with Gasteiger partial charge < -0.3 is 5.21 Å². The van der Waals surface area contributed by atoms with E-state index in [1.165, 1.54) is 6.07 Å². The molecule has 16 heavy (non-hydrogen) atoms. The lowest BCUT2D eigenvalue weighted by atomic mass is 9.92. The molecule has 1 aliphatic carbocycles. The van der Waals surface area contributed by atoms with Gasteiger partial charge in [0.2, 0.25) is 0 Å². The van der Waals surface area contributed by atoms with Crippen molar-refractivity contribution in [2.24, 2.45) is 5.16 Å². The van der Waals surface area contributed by atoms with Crippen LogP contribution in [0.15, 0.2) is 41.1 Å². The van der Waals surface area contributed by atoms with E-state index in [2.05, 4.69) is 5.16 Å². The molecule has 2 rings (SSSR count). The summed E-state index contributed by atoms with van der Waals surface area (Å²) in [4.78, 5) is 0. The van der Waals surface area contributed by atoms with E-state index >= 15 is 0 Å². The monoisotopic (exact) mass is 219 g/mol. The van der Waals surface area contributed by atoms with E-state index in [0.29, 0.717) is 11.3 Å². The first-order chi connectivity index (χ1) is 7.83. The second-order valence-corrected chi connectivity index (χ2v) is 3.90. The number of hydrogen-bond donors (Lipinski definition) is 1. The van der Waals surface area contributed by atoms with Gasteiger partial charge in [-0.1, -0.05) is 23.4 Å². The molecule has 3 heteroatoms. The van der Waals surface area contributed by atoms with Crippen LogP contribution in [0.1, 0.15) is 31.2 Å². The topological polar surface area (TPSA) is 32.6 Å². The van der Waals surface area contributed by atoms with Crippen LogP contribution in [-0.2, 0) is 0 Å². The molecule has 1 N–H and O–H groups in total. The van der Waals surface area contributed by atoms with Gasteiger partial charge in [-0.2, -0.15) is 0 Å². The van der Waals surface area contributed by atoms with Gasteiger partial charge in [-0.25, -0.2) is 4.39 Å². The van der Waals surface area contributed by atoms with E-state index in [1.54, 1.807) is 18.2 Å². The maximum Gasteiger partial charge on any atom is 0.132 e. The molecule has 84 valence electrons. The summed E-state index contributed by atoms with van der Waals surface area (Å²) in [5.41, 5.74) is 1.69. The smallest absolute Gasteiger partial charge is 0.132 e. The van der Waals surface area contributed by atoms with Crippen LogP contribution in [0, 0.1) is 5.82 Å². The molecule has 1 aromatic carbocycles. The molecule has 0 atom stereocenters. The van der Waals surface area contributed by atoms with E-state index < -0.39 is 0 Å². The molecular weight excluding hydrogens is 205 g/mol. The van der Waals surface area contributed by atoms with Gasteiger partial charge in [0, 0.05) is 5.56 Å². The second-order valence-electron chi connectivity index (χ2n) is 3.90. The first-order valence-electron chi connectivity index (χ1n) is 5.49. The molecule has 0 saturated carbocycles. The fourth-order valence-corrected chi connectivity index (χ4v) is 2.00. The van der Waals surface area contributed by atoms with Crippen molar-refractivity contribution in [1.82, 2.24) is 0 Å². The SMILES string of the molecule is ON=C(C1=CCCCC1)c1ccccc1F. The van der Waals surface area contributed by atoms with Gasteiger partial charge in [-0.3, -0.25) is 0 Å². The predicted molar refractivity (Wildman–Crippen MR) is 61.3 cm³/mol. The molecule has 0 radical (unpaired) electrons. The van der Waals surface area contributed by atoms with Gasteiger partial charge in [0.05, 0.1) is 0 Å². The predicted octanol–water partition coefficient (Wildman–Crippen LogP) is 3.50. The van der Waals surface area contributed by atoms with Crippen molar-refractivity contribution in [1.29, 1.82) is 0 Å². The minimum Gasteiger partial charge on any atom is -0.410 e. The van der Waals surface area contributed by atoms with Gasteiger partial charge in [0.25, 0.3) is 0 Å². The Morgan fingerprint density at radius 3 is 2.69 bits per heavy atom. The van der Waals surface area contributed by atoms with Crippen molar-refractivity contribution in [3.63, 3.8) is 0 Å². The van der Waals surface area contributed by atoms with Gasteiger partial charge in [-0.05, 0) is 43.4 Å². The Labute approximate surface area is 94.1 Å². The summed E-state index contributed by atoms with van der Waals surface area (Å²) in [6.45, 7) is 0. The fourth-order valence-electron chi connectivity index (χ4n) is 2.00. The van der Waals surface area contributed by atoms with E-state index in [-0.39, 0.29) is 5.82 Å². The molecule has 0 spiro atoms. The van der Waals surface area contributed by atoms with Crippen LogP contribution < -0.4 is 0 Å². The highest BCUT2D eigenvalue weighted by molar-refractivity contribution is 6.12. The van der Waals surface area contributed by atoms with Crippen molar-refractivity contribution >= 4 is 5.71 Å². The quantitative estimate of drug-likeness (QED) is 0.461. The molecule has 2 nitrogen and oxygen atoms in total. The summed E-state index contributed by atoms with van der Waals surface area (Å²) < 4.78 is 13.6. The third kappa shape index (κ3) is 2.13. The average molecular weight is 219 g/mol. The molecule has 0 bridgehead atoms. The summed E-state index contributed by atoms with van der Waals surface area (Å²) in [5, 5.41) is 12.3. The summed E-state index contributed by atoms with van der Waals surface area (Å²) in [7, 11) is 0. The van der Waals surface area contributed by atoms with Crippen molar-refractivity contribution < 1.29 is 9.60 Å².